The lowest BCUT2D eigenvalue weighted by Gasteiger charge is -2.25. The Kier molecular flexibility index (Phi) is 8.41. The first-order valence-corrected chi connectivity index (χ1v) is 11.0. The molecule has 0 spiro atoms. The monoisotopic (exact) mass is 486 g/mol. The minimum Gasteiger partial charge on any atom is -0.493 e. The van der Waals surface area contributed by atoms with E-state index in [1.54, 1.807) is 39.7 Å². The number of benzene rings is 2. The molecule has 34 heavy (non-hydrogen) atoms. The van der Waals surface area contributed by atoms with Crippen LogP contribution in [0.4, 0.5) is 5.69 Å². The van der Waals surface area contributed by atoms with Gasteiger partial charge in [0.15, 0.2) is 11.5 Å². The molecule has 1 amide bonds. The van der Waals surface area contributed by atoms with E-state index in [-0.39, 0.29) is 24.2 Å². The van der Waals surface area contributed by atoms with E-state index in [1.165, 1.54) is 0 Å². The average Bonchev–Trinajstić information content (AvgIpc) is 3.29. The van der Waals surface area contributed by atoms with Crippen LogP contribution in [-0.4, -0.2) is 50.1 Å². The van der Waals surface area contributed by atoms with Gasteiger partial charge in [0.2, 0.25) is 5.75 Å². The lowest BCUT2D eigenvalue weighted by Crippen LogP contribution is -2.29. The summed E-state index contributed by atoms with van der Waals surface area (Å²) in [6.45, 7) is 3.88. The zero-order valence-electron chi connectivity index (χ0n) is 19.9. The zero-order chi connectivity index (χ0) is 23.4. The number of ether oxygens (including phenoxy) is 3. The summed E-state index contributed by atoms with van der Waals surface area (Å²) >= 11 is 0. The fraction of sp³-hybridized carbons (Fsp3) is 0.360. The number of methoxy groups -OCH3 is 3. The summed E-state index contributed by atoms with van der Waals surface area (Å²) in [4.78, 5) is 13.4. The second-order valence-corrected chi connectivity index (χ2v) is 8.09. The highest BCUT2D eigenvalue weighted by Gasteiger charge is 2.27. The van der Waals surface area contributed by atoms with Gasteiger partial charge in [-0.15, -0.1) is 12.4 Å². The number of nitrogens with one attached hydrogen (secondary N) is 2. The molecule has 9 heteroatoms. The van der Waals surface area contributed by atoms with Crippen LogP contribution in [0, 0.1) is 6.92 Å². The van der Waals surface area contributed by atoms with Gasteiger partial charge in [0.05, 0.1) is 44.5 Å². The van der Waals surface area contributed by atoms with Gasteiger partial charge in [-0.3, -0.25) is 4.79 Å². The summed E-state index contributed by atoms with van der Waals surface area (Å²) in [5.41, 5.74) is 4.15. The maximum absolute atomic E-state index is 13.4. The highest BCUT2D eigenvalue weighted by Crippen LogP contribution is 2.40. The van der Waals surface area contributed by atoms with Gasteiger partial charge in [-0.05, 0) is 50.6 Å². The van der Waals surface area contributed by atoms with Gasteiger partial charge in [0.1, 0.15) is 0 Å². The van der Waals surface area contributed by atoms with Crippen molar-refractivity contribution in [3.05, 3.63) is 59.4 Å². The Bertz CT molecular complexity index is 1120. The number of aryl methyl sites for hydroxylation is 1. The molecule has 0 radical (unpaired) electrons. The summed E-state index contributed by atoms with van der Waals surface area (Å²) in [7, 11) is 4.64. The minimum absolute atomic E-state index is 0. The third-order valence-corrected chi connectivity index (χ3v) is 5.95. The summed E-state index contributed by atoms with van der Waals surface area (Å²) in [5, 5.41) is 11.0. The van der Waals surface area contributed by atoms with Crippen LogP contribution in [0.1, 0.15) is 40.4 Å². The third kappa shape index (κ3) is 5.13. The number of amides is 1. The lowest BCUT2D eigenvalue weighted by atomic mass is 9.91. The maximum Gasteiger partial charge on any atom is 0.259 e. The van der Waals surface area contributed by atoms with E-state index in [0.717, 1.165) is 42.9 Å². The molecule has 2 aromatic carbocycles. The molecule has 8 nitrogen and oxygen atoms in total. The average molecular weight is 487 g/mol. The lowest BCUT2D eigenvalue weighted by molar-refractivity contribution is 0.102. The molecule has 182 valence electrons. The number of nitrogens with zero attached hydrogens (tertiary/aromatic N) is 2. The van der Waals surface area contributed by atoms with Gasteiger partial charge >= 0.3 is 0 Å². The smallest absolute Gasteiger partial charge is 0.259 e. The van der Waals surface area contributed by atoms with Crippen molar-refractivity contribution in [3.8, 4) is 22.9 Å². The molecule has 2 heterocycles. The fourth-order valence-electron chi connectivity index (χ4n) is 4.34. The van der Waals surface area contributed by atoms with Gasteiger partial charge in [0, 0.05) is 23.7 Å². The highest BCUT2D eigenvalue weighted by molar-refractivity contribution is 6.05. The molecular weight excluding hydrogens is 456 g/mol. The number of carbonyl (C=O) groups is 1. The van der Waals surface area contributed by atoms with Gasteiger partial charge in [0.25, 0.3) is 5.91 Å². The predicted octanol–water partition coefficient (Wildman–Crippen LogP) is 4.35. The minimum atomic E-state index is -0.225. The van der Waals surface area contributed by atoms with Gasteiger partial charge in [-0.1, -0.05) is 12.1 Å². The molecule has 1 saturated heterocycles. The SMILES string of the molecule is COc1cc(NC(=O)c2cnn(-c3cccc(C)c3)c2C2CCNCC2)cc(OC)c1OC.Cl. The van der Waals surface area contributed by atoms with Crippen LogP contribution < -0.4 is 24.8 Å². The van der Waals surface area contributed by atoms with Crippen LogP contribution in [0.25, 0.3) is 5.69 Å². The molecule has 0 bridgehead atoms. The fourth-order valence-corrected chi connectivity index (χ4v) is 4.34. The summed E-state index contributed by atoms with van der Waals surface area (Å²) in [6, 6.07) is 11.6. The van der Waals surface area contributed by atoms with Crippen molar-refractivity contribution in [1.29, 1.82) is 0 Å². The van der Waals surface area contributed by atoms with Crippen LogP contribution in [-0.2, 0) is 0 Å². The molecule has 1 fully saturated rings. The number of aromatic nitrogens is 2. The Labute approximate surface area is 206 Å². The number of hydrogen-bond acceptors (Lipinski definition) is 6. The Balaban J connectivity index is 0.00000324. The molecule has 1 aromatic heterocycles. The normalized spacial score (nSPS) is 13.6. The molecule has 0 aliphatic carbocycles. The quantitative estimate of drug-likeness (QED) is 0.516. The molecule has 0 saturated carbocycles. The Morgan fingerprint density at radius 1 is 1.06 bits per heavy atom. The van der Waals surface area contributed by atoms with Crippen LogP contribution in [0.2, 0.25) is 0 Å². The van der Waals surface area contributed by atoms with Crippen LogP contribution >= 0.6 is 12.4 Å². The molecule has 1 aliphatic rings. The van der Waals surface area contributed by atoms with Crippen molar-refractivity contribution in [3.63, 3.8) is 0 Å². The van der Waals surface area contributed by atoms with E-state index in [9.17, 15) is 4.79 Å². The van der Waals surface area contributed by atoms with E-state index in [0.29, 0.717) is 28.5 Å². The van der Waals surface area contributed by atoms with Crippen molar-refractivity contribution in [1.82, 2.24) is 15.1 Å². The molecule has 0 unspecified atom stereocenters. The Morgan fingerprint density at radius 3 is 2.32 bits per heavy atom. The van der Waals surface area contributed by atoms with E-state index < -0.39 is 0 Å². The van der Waals surface area contributed by atoms with E-state index in [4.69, 9.17) is 14.2 Å². The van der Waals surface area contributed by atoms with Gasteiger partial charge in [-0.2, -0.15) is 5.10 Å². The maximum atomic E-state index is 13.4. The van der Waals surface area contributed by atoms with Crippen molar-refractivity contribution < 1.29 is 19.0 Å². The molecule has 2 N–H and O–H groups in total. The first-order valence-electron chi connectivity index (χ1n) is 11.0. The van der Waals surface area contributed by atoms with Crippen molar-refractivity contribution in [2.24, 2.45) is 0 Å². The number of piperidine rings is 1. The number of carbonyl (C=O) groups excluding carboxylic acids is 1. The Hall–Kier alpha value is -3.23. The standard InChI is InChI=1S/C25H30N4O4.ClH/c1-16-6-5-7-19(12-16)29-23(17-8-10-26-11-9-17)20(15-27-29)25(30)28-18-13-21(31-2)24(33-4)22(14-18)32-3;/h5-7,12-15,17,26H,8-11H2,1-4H3,(H,28,30);1H. The third-order valence-electron chi connectivity index (χ3n) is 5.95. The summed E-state index contributed by atoms with van der Waals surface area (Å²) in [5.74, 6) is 1.43. The second-order valence-electron chi connectivity index (χ2n) is 8.09. The van der Waals surface area contributed by atoms with E-state index in [2.05, 4.69) is 34.8 Å². The van der Waals surface area contributed by atoms with Crippen LogP contribution in [0.3, 0.4) is 0 Å². The van der Waals surface area contributed by atoms with Crippen molar-refractivity contribution >= 4 is 24.0 Å². The molecule has 1 aliphatic heterocycles. The molecule has 3 aromatic rings. The second kappa shape index (κ2) is 11.3. The molecule has 4 rings (SSSR count). The van der Waals surface area contributed by atoms with Crippen LogP contribution in [0.5, 0.6) is 17.2 Å². The first-order chi connectivity index (χ1) is 16.0. The first kappa shape index (κ1) is 25.4. The van der Waals surface area contributed by atoms with Crippen molar-refractivity contribution in [2.75, 3.05) is 39.7 Å². The van der Waals surface area contributed by atoms with Gasteiger partial charge < -0.3 is 24.8 Å². The van der Waals surface area contributed by atoms with E-state index >= 15 is 0 Å². The highest BCUT2D eigenvalue weighted by atomic mass is 35.5. The molecular formula is C25H31ClN4O4. The topological polar surface area (TPSA) is 86.6 Å². The summed E-state index contributed by atoms with van der Waals surface area (Å²) in [6.07, 6.45) is 3.55. The van der Waals surface area contributed by atoms with Gasteiger partial charge in [-0.25, -0.2) is 4.68 Å². The number of rotatable bonds is 7. The Morgan fingerprint density at radius 2 is 1.74 bits per heavy atom. The van der Waals surface area contributed by atoms with Crippen molar-refractivity contribution in [2.45, 2.75) is 25.7 Å². The predicted molar refractivity (Wildman–Crippen MR) is 134 cm³/mol. The molecule has 0 atom stereocenters. The number of halogens is 1. The number of anilines is 1. The zero-order valence-corrected chi connectivity index (χ0v) is 20.7. The largest absolute Gasteiger partial charge is 0.493 e. The van der Waals surface area contributed by atoms with E-state index in [1.807, 2.05) is 16.8 Å². The number of hydrogen-bond donors (Lipinski definition) is 2. The summed E-state index contributed by atoms with van der Waals surface area (Å²) < 4.78 is 18.1. The van der Waals surface area contributed by atoms with Crippen LogP contribution in [0.15, 0.2) is 42.6 Å².